The molecular weight excluding hydrogens is 242 g/mol. The van der Waals surface area contributed by atoms with Crippen molar-refractivity contribution in [1.29, 1.82) is 0 Å². The van der Waals surface area contributed by atoms with Crippen LogP contribution in [-0.2, 0) is 6.42 Å². The van der Waals surface area contributed by atoms with Crippen LogP contribution < -0.4 is 5.32 Å². The van der Waals surface area contributed by atoms with E-state index in [1.54, 1.807) is 11.1 Å². The molecule has 0 amide bonds. The van der Waals surface area contributed by atoms with Gasteiger partial charge in [0.25, 0.3) is 0 Å². The van der Waals surface area contributed by atoms with Crippen LogP contribution in [0.1, 0.15) is 70.0 Å². The average Bonchev–Trinajstić information content (AvgIpc) is 2.54. The maximum Gasteiger partial charge on any atom is 0.0380 e. The fourth-order valence-electron chi connectivity index (χ4n) is 4.26. The lowest BCUT2D eigenvalue weighted by molar-refractivity contribution is 0.217. The molecule has 0 aromatic heterocycles. The Morgan fingerprint density at radius 3 is 2.65 bits per heavy atom. The summed E-state index contributed by atoms with van der Waals surface area (Å²) in [4.78, 5) is 0. The van der Waals surface area contributed by atoms with Crippen molar-refractivity contribution < 1.29 is 0 Å². The maximum absolute atomic E-state index is 4.05. The molecule has 0 aliphatic heterocycles. The average molecular weight is 271 g/mol. The Balaban J connectivity index is 1.81. The summed E-state index contributed by atoms with van der Waals surface area (Å²) < 4.78 is 0. The minimum atomic E-state index is 0.343. The molecule has 1 N–H and O–H groups in total. The minimum absolute atomic E-state index is 0.343. The van der Waals surface area contributed by atoms with E-state index in [-0.39, 0.29) is 0 Å². The lowest BCUT2D eigenvalue weighted by Gasteiger charge is -2.34. The predicted molar refractivity (Wildman–Crippen MR) is 85.8 cm³/mol. The second-order valence-corrected chi connectivity index (χ2v) is 7.69. The predicted octanol–water partition coefficient (Wildman–Crippen LogP) is 4.87. The third-order valence-corrected chi connectivity index (χ3v) is 5.54. The van der Waals surface area contributed by atoms with Crippen LogP contribution in [0.3, 0.4) is 0 Å². The van der Waals surface area contributed by atoms with E-state index in [0.29, 0.717) is 17.5 Å². The van der Waals surface area contributed by atoms with Crippen LogP contribution in [0.25, 0.3) is 0 Å². The number of rotatable bonds is 2. The van der Waals surface area contributed by atoms with E-state index in [0.717, 1.165) is 5.92 Å². The second-order valence-electron chi connectivity index (χ2n) is 7.69. The topological polar surface area (TPSA) is 12.0 Å². The number of benzene rings is 1. The summed E-state index contributed by atoms with van der Waals surface area (Å²) in [5, 5.41) is 4.05. The van der Waals surface area contributed by atoms with E-state index in [2.05, 4.69) is 50.4 Å². The molecule has 0 saturated heterocycles. The Morgan fingerprint density at radius 2 is 1.80 bits per heavy atom. The monoisotopic (exact) mass is 271 g/mol. The fourth-order valence-corrected chi connectivity index (χ4v) is 4.26. The highest BCUT2D eigenvalue weighted by Gasteiger charge is 2.40. The highest BCUT2D eigenvalue weighted by atomic mass is 15.0. The zero-order valence-electron chi connectivity index (χ0n) is 13.3. The Kier molecular flexibility index (Phi) is 3.90. The highest BCUT2D eigenvalue weighted by molar-refractivity contribution is 5.37. The largest absolute Gasteiger partial charge is 0.306 e. The molecule has 3 atom stereocenters. The zero-order valence-corrected chi connectivity index (χ0v) is 13.3. The molecule has 1 aromatic carbocycles. The molecular formula is C19H29N. The van der Waals surface area contributed by atoms with Gasteiger partial charge in [0.1, 0.15) is 0 Å². The minimum Gasteiger partial charge on any atom is -0.306 e. The summed E-state index contributed by atoms with van der Waals surface area (Å²) >= 11 is 0. The van der Waals surface area contributed by atoms with Crippen molar-refractivity contribution in [2.24, 2.45) is 11.3 Å². The van der Waals surface area contributed by atoms with Crippen LogP contribution in [0.2, 0.25) is 0 Å². The summed E-state index contributed by atoms with van der Waals surface area (Å²) in [6.07, 6.45) is 8.21. The molecule has 1 heteroatoms. The van der Waals surface area contributed by atoms with E-state index in [1.165, 1.54) is 38.5 Å². The molecule has 1 saturated carbocycles. The SMILES string of the molecule is CC1CCCCCC1NC1c2ccccc2CC1(C)C. The van der Waals surface area contributed by atoms with Crippen LogP contribution in [0, 0.1) is 11.3 Å². The molecule has 2 aliphatic rings. The first-order valence-electron chi connectivity index (χ1n) is 8.42. The van der Waals surface area contributed by atoms with Crippen LogP contribution in [0.5, 0.6) is 0 Å². The van der Waals surface area contributed by atoms with Crippen molar-refractivity contribution in [2.45, 2.75) is 71.4 Å². The van der Waals surface area contributed by atoms with E-state index in [4.69, 9.17) is 0 Å². The molecule has 0 bridgehead atoms. The van der Waals surface area contributed by atoms with Crippen molar-refractivity contribution in [2.75, 3.05) is 0 Å². The van der Waals surface area contributed by atoms with Gasteiger partial charge >= 0.3 is 0 Å². The number of fused-ring (bicyclic) bond motifs is 1. The lowest BCUT2D eigenvalue weighted by Crippen LogP contribution is -2.41. The molecule has 2 aliphatic carbocycles. The van der Waals surface area contributed by atoms with Crippen LogP contribution >= 0.6 is 0 Å². The maximum atomic E-state index is 4.05. The lowest BCUT2D eigenvalue weighted by atomic mass is 9.83. The fraction of sp³-hybridized carbons (Fsp3) is 0.684. The number of nitrogens with one attached hydrogen (secondary N) is 1. The first kappa shape index (κ1) is 14.1. The first-order chi connectivity index (χ1) is 9.58. The molecule has 110 valence electrons. The van der Waals surface area contributed by atoms with Gasteiger partial charge in [-0.15, -0.1) is 0 Å². The van der Waals surface area contributed by atoms with Gasteiger partial charge in [-0.25, -0.2) is 0 Å². The zero-order chi connectivity index (χ0) is 14.2. The van der Waals surface area contributed by atoms with Crippen LogP contribution in [0.15, 0.2) is 24.3 Å². The molecule has 3 rings (SSSR count). The number of hydrogen-bond donors (Lipinski definition) is 1. The van der Waals surface area contributed by atoms with Crippen molar-refractivity contribution in [3.05, 3.63) is 35.4 Å². The standard InChI is InChI=1S/C19H29N/c1-14-9-5-4-6-12-17(14)20-18-16-11-8-7-10-15(16)13-19(18,2)3/h7-8,10-11,14,17-18,20H,4-6,9,12-13H2,1-3H3. The van der Waals surface area contributed by atoms with Crippen molar-refractivity contribution in [3.8, 4) is 0 Å². The van der Waals surface area contributed by atoms with Gasteiger partial charge in [0, 0.05) is 12.1 Å². The van der Waals surface area contributed by atoms with Crippen LogP contribution in [-0.4, -0.2) is 6.04 Å². The van der Waals surface area contributed by atoms with Gasteiger partial charge in [-0.3, -0.25) is 0 Å². The smallest absolute Gasteiger partial charge is 0.0380 e. The van der Waals surface area contributed by atoms with Crippen molar-refractivity contribution in [1.82, 2.24) is 5.32 Å². The summed E-state index contributed by atoms with van der Waals surface area (Å²) in [5.41, 5.74) is 3.45. The third kappa shape index (κ3) is 2.65. The summed E-state index contributed by atoms with van der Waals surface area (Å²) in [6, 6.07) is 10.3. The third-order valence-electron chi connectivity index (χ3n) is 5.54. The van der Waals surface area contributed by atoms with Gasteiger partial charge in [0.2, 0.25) is 0 Å². The van der Waals surface area contributed by atoms with E-state index in [1.807, 2.05) is 0 Å². The summed E-state index contributed by atoms with van der Waals surface area (Å²) in [7, 11) is 0. The van der Waals surface area contributed by atoms with Crippen LogP contribution in [0.4, 0.5) is 0 Å². The molecule has 0 heterocycles. The summed E-state index contributed by atoms with van der Waals surface area (Å²) in [6.45, 7) is 7.29. The normalized spacial score (nSPS) is 32.6. The highest BCUT2D eigenvalue weighted by Crippen LogP contribution is 2.45. The molecule has 1 aromatic rings. The van der Waals surface area contributed by atoms with Crippen molar-refractivity contribution >= 4 is 0 Å². The van der Waals surface area contributed by atoms with Gasteiger partial charge in [-0.2, -0.15) is 0 Å². The van der Waals surface area contributed by atoms with Gasteiger partial charge in [0.15, 0.2) is 0 Å². The van der Waals surface area contributed by atoms with Crippen molar-refractivity contribution in [3.63, 3.8) is 0 Å². The van der Waals surface area contributed by atoms with E-state index < -0.39 is 0 Å². The molecule has 1 nitrogen and oxygen atoms in total. The molecule has 0 spiro atoms. The first-order valence-corrected chi connectivity index (χ1v) is 8.42. The Labute approximate surface area is 124 Å². The Hall–Kier alpha value is -0.820. The molecule has 20 heavy (non-hydrogen) atoms. The summed E-state index contributed by atoms with van der Waals surface area (Å²) in [5.74, 6) is 0.820. The van der Waals surface area contributed by atoms with Gasteiger partial charge in [0.05, 0.1) is 0 Å². The van der Waals surface area contributed by atoms with Gasteiger partial charge in [-0.05, 0) is 41.7 Å². The molecule has 0 radical (unpaired) electrons. The molecule has 3 unspecified atom stereocenters. The van der Waals surface area contributed by atoms with Gasteiger partial charge in [-0.1, -0.05) is 64.3 Å². The Morgan fingerprint density at radius 1 is 1.05 bits per heavy atom. The van der Waals surface area contributed by atoms with E-state index >= 15 is 0 Å². The van der Waals surface area contributed by atoms with Gasteiger partial charge < -0.3 is 5.32 Å². The van der Waals surface area contributed by atoms with E-state index in [9.17, 15) is 0 Å². The number of hydrogen-bond acceptors (Lipinski definition) is 1. The molecule has 1 fully saturated rings. The quantitative estimate of drug-likeness (QED) is 0.757. The Bertz CT molecular complexity index is 463. The second kappa shape index (κ2) is 5.52.